The first kappa shape index (κ1) is 15.0. The molecule has 2 rings (SSSR count). The highest BCUT2D eigenvalue weighted by Crippen LogP contribution is 2.36. The van der Waals surface area contributed by atoms with Gasteiger partial charge in [0.1, 0.15) is 11.0 Å². The first-order chi connectivity index (χ1) is 9.77. The Labute approximate surface area is 121 Å². The van der Waals surface area contributed by atoms with E-state index < -0.39 is 16.7 Å². The highest BCUT2D eigenvalue weighted by Gasteiger charge is 2.33. The predicted octanol–water partition coefficient (Wildman–Crippen LogP) is 4.41. The summed E-state index contributed by atoms with van der Waals surface area (Å²) in [6, 6.07) is 6.72. The first-order valence-corrected chi connectivity index (χ1v) is 5.90. The second-order valence-corrected chi connectivity index (χ2v) is 4.35. The zero-order valence-corrected chi connectivity index (χ0v) is 10.9. The molecule has 0 radical (unpaired) electrons. The van der Waals surface area contributed by atoms with Gasteiger partial charge in [0.15, 0.2) is 0 Å². The third-order valence-corrected chi connectivity index (χ3v) is 2.68. The van der Waals surface area contributed by atoms with E-state index in [1.807, 2.05) is 0 Å². The average molecular weight is 318 g/mol. The van der Waals surface area contributed by atoms with Crippen molar-refractivity contribution in [1.29, 1.82) is 0 Å². The SMILES string of the molecule is O=[N+]([O-])c1cc(Cl)nc(Nc2ccccc2C(F)(F)F)c1. The molecule has 0 aliphatic carbocycles. The van der Waals surface area contributed by atoms with Crippen molar-refractivity contribution in [2.75, 3.05) is 5.32 Å². The summed E-state index contributed by atoms with van der Waals surface area (Å²) in [6.07, 6.45) is -4.56. The molecule has 1 N–H and O–H groups in total. The Kier molecular flexibility index (Phi) is 3.99. The smallest absolute Gasteiger partial charge is 0.339 e. The Morgan fingerprint density at radius 3 is 2.52 bits per heavy atom. The van der Waals surface area contributed by atoms with Crippen LogP contribution in [0.15, 0.2) is 36.4 Å². The third kappa shape index (κ3) is 3.60. The van der Waals surface area contributed by atoms with Gasteiger partial charge in [-0.05, 0) is 12.1 Å². The van der Waals surface area contributed by atoms with Crippen molar-refractivity contribution in [3.05, 3.63) is 57.2 Å². The van der Waals surface area contributed by atoms with Crippen LogP contribution in [-0.2, 0) is 6.18 Å². The van der Waals surface area contributed by atoms with E-state index in [9.17, 15) is 23.3 Å². The van der Waals surface area contributed by atoms with Gasteiger partial charge in [0.25, 0.3) is 5.69 Å². The van der Waals surface area contributed by atoms with Gasteiger partial charge in [0, 0.05) is 0 Å². The summed E-state index contributed by atoms with van der Waals surface area (Å²) in [5, 5.41) is 12.9. The van der Waals surface area contributed by atoms with Crippen molar-refractivity contribution in [2.24, 2.45) is 0 Å². The van der Waals surface area contributed by atoms with E-state index in [4.69, 9.17) is 11.6 Å². The summed E-state index contributed by atoms with van der Waals surface area (Å²) in [5.41, 5.74) is -1.55. The quantitative estimate of drug-likeness (QED) is 0.517. The number of halogens is 4. The number of nitrogens with one attached hydrogen (secondary N) is 1. The fourth-order valence-electron chi connectivity index (χ4n) is 1.63. The van der Waals surface area contributed by atoms with Crippen molar-refractivity contribution in [3.63, 3.8) is 0 Å². The minimum absolute atomic E-state index is 0.147. The Bertz CT molecular complexity index is 692. The van der Waals surface area contributed by atoms with Crippen LogP contribution in [-0.4, -0.2) is 9.91 Å². The summed E-state index contributed by atoms with van der Waals surface area (Å²) in [5.74, 6) is -0.147. The lowest BCUT2D eigenvalue weighted by Crippen LogP contribution is -2.09. The molecule has 110 valence electrons. The number of anilines is 2. The summed E-state index contributed by atoms with van der Waals surface area (Å²) in [7, 11) is 0. The lowest BCUT2D eigenvalue weighted by Gasteiger charge is -2.13. The third-order valence-electron chi connectivity index (χ3n) is 2.48. The Balaban J connectivity index is 2.42. The van der Waals surface area contributed by atoms with Gasteiger partial charge in [-0.25, -0.2) is 4.98 Å². The highest BCUT2D eigenvalue weighted by molar-refractivity contribution is 6.29. The molecule has 0 saturated heterocycles. The molecule has 0 fully saturated rings. The van der Waals surface area contributed by atoms with Gasteiger partial charge in [-0.3, -0.25) is 10.1 Å². The Hall–Kier alpha value is -2.35. The summed E-state index contributed by atoms with van der Waals surface area (Å²) < 4.78 is 38.5. The molecule has 0 saturated carbocycles. The molecule has 9 heteroatoms. The molecule has 0 amide bonds. The van der Waals surface area contributed by atoms with Crippen LogP contribution in [0.5, 0.6) is 0 Å². The van der Waals surface area contributed by atoms with Gasteiger partial charge in [0.05, 0.1) is 28.3 Å². The van der Waals surface area contributed by atoms with E-state index in [0.29, 0.717) is 0 Å². The van der Waals surface area contributed by atoms with Crippen LogP contribution in [0.4, 0.5) is 30.4 Å². The second kappa shape index (κ2) is 5.57. The van der Waals surface area contributed by atoms with E-state index >= 15 is 0 Å². The molecule has 1 heterocycles. The lowest BCUT2D eigenvalue weighted by molar-refractivity contribution is -0.384. The molecule has 21 heavy (non-hydrogen) atoms. The molecule has 0 bridgehead atoms. The maximum atomic E-state index is 12.8. The number of hydrogen-bond acceptors (Lipinski definition) is 4. The fraction of sp³-hybridized carbons (Fsp3) is 0.0833. The Morgan fingerprint density at radius 1 is 1.24 bits per heavy atom. The predicted molar refractivity (Wildman–Crippen MR) is 70.6 cm³/mol. The molecule has 0 atom stereocenters. The zero-order chi connectivity index (χ0) is 15.6. The largest absolute Gasteiger partial charge is 0.418 e. The summed E-state index contributed by atoms with van der Waals surface area (Å²) in [6.45, 7) is 0. The maximum Gasteiger partial charge on any atom is 0.418 e. The van der Waals surface area contributed by atoms with Crippen LogP contribution >= 0.6 is 11.6 Å². The van der Waals surface area contributed by atoms with E-state index in [1.54, 1.807) is 0 Å². The number of nitrogens with zero attached hydrogens (tertiary/aromatic N) is 2. The molecule has 0 unspecified atom stereocenters. The van der Waals surface area contributed by atoms with Gasteiger partial charge in [-0.15, -0.1) is 0 Å². The van der Waals surface area contributed by atoms with Gasteiger partial charge < -0.3 is 5.32 Å². The minimum atomic E-state index is -4.56. The van der Waals surface area contributed by atoms with Crippen LogP contribution in [0, 0.1) is 10.1 Å². The molecule has 1 aromatic heterocycles. The standard InChI is InChI=1S/C12H7ClF3N3O2/c13-10-5-7(19(20)21)6-11(18-10)17-9-4-2-1-3-8(9)12(14,15)16/h1-6H,(H,17,18). The van der Waals surface area contributed by atoms with Gasteiger partial charge >= 0.3 is 6.18 Å². The molecule has 0 aliphatic rings. The summed E-state index contributed by atoms with van der Waals surface area (Å²) >= 11 is 5.61. The van der Waals surface area contributed by atoms with E-state index in [2.05, 4.69) is 10.3 Å². The lowest BCUT2D eigenvalue weighted by atomic mass is 10.1. The van der Waals surface area contributed by atoms with Crippen molar-refractivity contribution in [3.8, 4) is 0 Å². The number of rotatable bonds is 3. The van der Waals surface area contributed by atoms with Crippen LogP contribution < -0.4 is 5.32 Å². The monoisotopic (exact) mass is 317 g/mol. The number of benzene rings is 1. The van der Waals surface area contributed by atoms with E-state index in [1.165, 1.54) is 18.2 Å². The Morgan fingerprint density at radius 2 is 1.90 bits per heavy atom. The van der Waals surface area contributed by atoms with Crippen LogP contribution in [0.3, 0.4) is 0 Å². The second-order valence-electron chi connectivity index (χ2n) is 3.96. The number of nitro groups is 1. The highest BCUT2D eigenvalue weighted by atomic mass is 35.5. The molecule has 2 aromatic rings. The molecular formula is C12H7ClF3N3O2. The first-order valence-electron chi connectivity index (χ1n) is 5.52. The molecule has 0 aliphatic heterocycles. The van der Waals surface area contributed by atoms with Gasteiger partial charge in [-0.1, -0.05) is 23.7 Å². The van der Waals surface area contributed by atoms with E-state index in [-0.39, 0.29) is 22.3 Å². The fourth-order valence-corrected chi connectivity index (χ4v) is 1.83. The van der Waals surface area contributed by atoms with Gasteiger partial charge in [0.2, 0.25) is 0 Å². The number of pyridine rings is 1. The normalized spacial score (nSPS) is 11.2. The average Bonchev–Trinajstić information content (AvgIpc) is 2.37. The number of para-hydroxylation sites is 1. The zero-order valence-electron chi connectivity index (χ0n) is 10.2. The molecule has 0 spiro atoms. The van der Waals surface area contributed by atoms with Crippen LogP contribution in [0.1, 0.15) is 5.56 Å². The van der Waals surface area contributed by atoms with Crippen molar-refractivity contribution in [2.45, 2.75) is 6.18 Å². The molecule has 1 aromatic carbocycles. The van der Waals surface area contributed by atoms with Crippen molar-refractivity contribution in [1.82, 2.24) is 4.98 Å². The van der Waals surface area contributed by atoms with Crippen LogP contribution in [0.25, 0.3) is 0 Å². The number of hydrogen-bond donors (Lipinski definition) is 1. The van der Waals surface area contributed by atoms with E-state index in [0.717, 1.165) is 18.2 Å². The molecular weight excluding hydrogens is 311 g/mol. The van der Waals surface area contributed by atoms with Crippen molar-refractivity contribution >= 4 is 28.8 Å². The minimum Gasteiger partial charge on any atom is -0.339 e. The number of alkyl halides is 3. The topological polar surface area (TPSA) is 68.1 Å². The van der Waals surface area contributed by atoms with Crippen molar-refractivity contribution < 1.29 is 18.1 Å². The molecule has 5 nitrogen and oxygen atoms in total. The van der Waals surface area contributed by atoms with Gasteiger partial charge in [-0.2, -0.15) is 13.2 Å². The summed E-state index contributed by atoms with van der Waals surface area (Å²) in [4.78, 5) is 13.7. The number of aromatic nitrogens is 1. The van der Waals surface area contributed by atoms with Crippen LogP contribution in [0.2, 0.25) is 5.15 Å². The maximum absolute atomic E-state index is 12.8.